The molecule has 1 heterocycles. The summed E-state index contributed by atoms with van der Waals surface area (Å²) in [6.07, 6.45) is -0.405. The summed E-state index contributed by atoms with van der Waals surface area (Å²) in [4.78, 5) is 52.7. The minimum absolute atomic E-state index is 0.0285. The number of amides is 2. The van der Waals surface area contributed by atoms with Gasteiger partial charge in [-0.3, -0.25) is 24.1 Å². The minimum atomic E-state index is -2.79. The molecule has 1 fully saturated rings. The summed E-state index contributed by atoms with van der Waals surface area (Å²) >= 11 is 0. The van der Waals surface area contributed by atoms with Crippen molar-refractivity contribution in [3.05, 3.63) is 39.4 Å². The number of primary amides is 1. The van der Waals surface area contributed by atoms with E-state index in [4.69, 9.17) is 5.73 Å². The SMILES string of the molecule is CNC1Cc2c(F)c3c(c(O)c2NC1=O)C(O)=C1C(=O)[C@@]2(O)C(O)=C(C(N)=O)C(=O)[C@H](N(C)C)[C@H]2C[C@H]1C3. The molecule has 2 amide bonds. The van der Waals surface area contributed by atoms with Crippen LogP contribution in [0, 0.1) is 17.7 Å². The zero-order valence-electron chi connectivity index (χ0n) is 20.8. The van der Waals surface area contributed by atoms with E-state index in [9.17, 15) is 39.6 Å². The summed E-state index contributed by atoms with van der Waals surface area (Å²) in [6, 6.07) is -1.99. The van der Waals surface area contributed by atoms with Crippen LogP contribution in [0.1, 0.15) is 23.1 Å². The number of benzene rings is 1. The normalized spacial score (nSPS) is 30.5. The van der Waals surface area contributed by atoms with Crippen molar-refractivity contribution in [1.29, 1.82) is 0 Å². The summed E-state index contributed by atoms with van der Waals surface area (Å²) in [6.45, 7) is 0. The number of aliphatic hydroxyl groups is 3. The summed E-state index contributed by atoms with van der Waals surface area (Å²) in [5.74, 6) is -9.55. The van der Waals surface area contributed by atoms with Crippen LogP contribution in [0.25, 0.3) is 5.76 Å². The first-order valence-electron chi connectivity index (χ1n) is 12.0. The third kappa shape index (κ3) is 3.12. The number of likely N-dealkylation sites (N-methyl/N-ethyl adjacent to an activating group) is 2. The summed E-state index contributed by atoms with van der Waals surface area (Å²) in [5.41, 5.74) is 0.475. The molecule has 1 aromatic rings. The molecule has 1 aromatic carbocycles. The number of hydrogen-bond acceptors (Lipinski definition) is 10. The number of carbonyl (C=O) groups is 4. The molecule has 3 aliphatic carbocycles. The second-order valence-corrected chi connectivity index (χ2v) is 10.4. The number of halogens is 1. The van der Waals surface area contributed by atoms with Crippen molar-refractivity contribution >= 4 is 34.8 Å². The number of aromatic hydroxyl groups is 1. The maximum Gasteiger partial charge on any atom is 0.255 e. The van der Waals surface area contributed by atoms with E-state index in [1.165, 1.54) is 26.0 Å². The van der Waals surface area contributed by atoms with Gasteiger partial charge in [0.15, 0.2) is 17.1 Å². The first kappa shape index (κ1) is 25.8. The molecule has 0 saturated heterocycles. The lowest BCUT2D eigenvalue weighted by atomic mass is 9.57. The number of nitrogens with two attached hydrogens (primary N) is 1. The van der Waals surface area contributed by atoms with Crippen LogP contribution in [0.3, 0.4) is 0 Å². The fourth-order valence-electron chi connectivity index (χ4n) is 6.46. The molecule has 202 valence electrons. The Hall–Kier alpha value is -3.81. The predicted octanol–water partition coefficient (Wildman–Crippen LogP) is -0.814. The molecule has 5 atom stereocenters. The molecule has 0 spiro atoms. The van der Waals surface area contributed by atoms with Crippen LogP contribution in [0.5, 0.6) is 5.75 Å². The molecule has 0 aromatic heterocycles. The lowest BCUT2D eigenvalue weighted by molar-refractivity contribution is -0.153. The highest BCUT2D eigenvalue weighted by atomic mass is 19.1. The molecule has 0 bridgehead atoms. The number of anilines is 1. The number of aliphatic hydroxyl groups excluding tert-OH is 2. The van der Waals surface area contributed by atoms with Gasteiger partial charge in [-0.15, -0.1) is 0 Å². The largest absolute Gasteiger partial charge is 0.508 e. The number of phenols is 1. The van der Waals surface area contributed by atoms with E-state index in [1.54, 1.807) is 0 Å². The van der Waals surface area contributed by atoms with Crippen LogP contribution in [0.2, 0.25) is 0 Å². The quantitative estimate of drug-likeness (QED) is 0.191. The highest BCUT2D eigenvalue weighted by Crippen LogP contribution is 2.54. The van der Waals surface area contributed by atoms with E-state index < -0.39 is 92.7 Å². The molecule has 4 aliphatic rings. The number of Topliss-reactive ketones (excluding diaryl/α,β-unsaturated/α-hetero) is 2. The third-order valence-corrected chi connectivity index (χ3v) is 8.24. The molecule has 1 unspecified atom stereocenters. The Balaban J connectivity index is 1.73. The van der Waals surface area contributed by atoms with E-state index in [1.807, 2.05) is 0 Å². The Bertz CT molecular complexity index is 1420. The van der Waals surface area contributed by atoms with Gasteiger partial charge in [0.25, 0.3) is 5.91 Å². The fourth-order valence-corrected chi connectivity index (χ4v) is 6.46. The smallest absolute Gasteiger partial charge is 0.255 e. The summed E-state index contributed by atoms with van der Waals surface area (Å²) < 4.78 is 15.8. The molecule has 8 N–H and O–H groups in total. The lowest BCUT2D eigenvalue weighted by Crippen LogP contribution is -2.65. The second-order valence-electron chi connectivity index (χ2n) is 10.4. The van der Waals surface area contributed by atoms with Crippen molar-refractivity contribution < 1.29 is 44.0 Å². The fraction of sp³-hybridized carbons (Fsp3) is 0.440. The number of hydrogen-bond donors (Lipinski definition) is 7. The van der Waals surface area contributed by atoms with Crippen molar-refractivity contribution in [2.75, 3.05) is 26.5 Å². The third-order valence-electron chi connectivity index (χ3n) is 8.24. The van der Waals surface area contributed by atoms with Crippen molar-refractivity contribution in [2.45, 2.75) is 36.9 Å². The van der Waals surface area contributed by atoms with Crippen molar-refractivity contribution in [1.82, 2.24) is 10.2 Å². The first-order chi connectivity index (χ1) is 17.8. The van der Waals surface area contributed by atoms with Gasteiger partial charge >= 0.3 is 0 Å². The van der Waals surface area contributed by atoms with E-state index in [2.05, 4.69) is 10.6 Å². The highest BCUT2D eigenvalue weighted by Gasteiger charge is 2.64. The standard InChI is InChI=1S/C25H27FN4O8/c1-28-11-6-9-15(26)8-4-7-5-10-17(30(2)3)20(33)14(23(27)36)22(35)25(10,38)21(34)12(7)18(31)13(8)19(32)16(9)29-24(11)37/h7,10-11,17,28,31-32,35,38H,4-6H2,1-3H3,(H2,27,36)(H,29,37)/t7-,10-,11?,17-,25-/m1/s1. The molecule has 0 radical (unpaired) electrons. The van der Waals surface area contributed by atoms with Crippen molar-refractivity contribution in [3.8, 4) is 5.75 Å². The Labute approximate surface area is 215 Å². The van der Waals surface area contributed by atoms with E-state index >= 15 is 4.39 Å². The first-order valence-corrected chi connectivity index (χ1v) is 12.0. The van der Waals surface area contributed by atoms with Crippen molar-refractivity contribution in [2.24, 2.45) is 17.6 Å². The number of nitrogens with one attached hydrogen (secondary N) is 2. The van der Waals surface area contributed by atoms with Crippen LogP contribution < -0.4 is 16.4 Å². The van der Waals surface area contributed by atoms with Crippen LogP contribution in [-0.2, 0) is 32.0 Å². The van der Waals surface area contributed by atoms with Crippen LogP contribution >= 0.6 is 0 Å². The predicted molar refractivity (Wildman–Crippen MR) is 129 cm³/mol. The van der Waals surface area contributed by atoms with Crippen LogP contribution in [-0.4, -0.2) is 87.5 Å². The van der Waals surface area contributed by atoms with E-state index in [0.29, 0.717) is 0 Å². The van der Waals surface area contributed by atoms with Crippen LogP contribution in [0.15, 0.2) is 16.9 Å². The van der Waals surface area contributed by atoms with Gasteiger partial charge in [-0.1, -0.05) is 0 Å². The maximum absolute atomic E-state index is 15.8. The Morgan fingerprint density at radius 2 is 1.82 bits per heavy atom. The summed E-state index contributed by atoms with van der Waals surface area (Å²) in [7, 11) is 4.51. The van der Waals surface area contributed by atoms with Gasteiger partial charge in [-0.05, 0) is 39.9 Å². The van der Waals surface area contributed by atoms with Crippen LogP contribution in [0.4, 0.5) is 10.1 Å². The average Bonchev–Trinajstić information content (AvgIpc) is 2.84. The zero-order valence-corrected chi connectivity index (χ0v) is 20.8. The van der Waals surface area contributed by atoms with Gasteiger partial charge in [0.2, 0.25) is 11.7 Å². The second kappa shape index (κ2) is 8.35. The maximum atomic E-state index is 15.8. The molecule has 1 saturated carbocycles. The van der Waals surface area contributed by atoms with Gasteiger partial charge in [0.05, 0.1) is 23.3 Å². The highest BCUT2D eigenvalue weighted by molar-refractivity contribution is 6.24. The van der Waals surface area contributed by atoms with E-state index in [-0.39, 0.29) is 36.1 Å². The molecule has 13 heteroatoms. The molecular formula is C25H27FN4O8. The Morgan fingerprint density at radius 3 is 2.39 bits per heavy atom. The number of ketones is 2. The average molecular weight is 531 g/mol. The van der Waals surface area contributed by atoms with Gasteiger partial charge in [0.1, 0.15) is 22.9 Å². The molecular weight excluding hydrogens is 503 g/mol. The van der Waals surface area contributed by atoms with E-state index in [0.717, 1.165) is 0 Å². The van der Waals surface area contributed by atoms with Crippen molar-refractivity contribution in [3.63, 3.8) is 0 Å². The summed E-state index contributed by atoms with van der Waals surface area (Å²) in [5, 5.41) is 49.9. The Kier molecular flexibility index (Phi) is 5.67. The number of fused-ring (bicyclic) bond motifs is 4. The minimum Gasteiger partial charge on any atom is -0.508 e. The van der Waals surface area contributed by atoms with Gasteiger partial charge in [0, 0.05) is 29.0 Å². The number of phenolic OH excluding ortho intramolecular Hbond substituents is 1. The zero-order chi connectivity index (χ0) is 28.0. The number of carbonyl (C=O) groups excluding carboxylic acids is 4. The monoisotopic (exact) mass is 530 g/mol. The lowest BCUT2D eigenvalue weighted by Gasteiger charge is -2.50. The Morgan fingerprint density at radius 1 is 1.16 bits per heavy atom. The molecule has 1 aliphatic heterocycles. The molecule has 12 nitrogen and oxygen atoms in total. The molecule has 5 rings (SSSR count). The number of rotatable bonds is 3. The van der Waals surface area contributed by atoms with Gasteiger partial charge < -0.3 is 36.8 Å². The number of nitrogens with zero attached hydrogens (tertiary/aromatic N) is 1. The van der Waals surface area contributed by atoms with Gasteiger partial charge in [-0.25, -0.2) is 4.39 Å². The molecule has 38 heavy (non-hydrogen) atoms. The topological polar surface area (TPSA) is 203 Å². The van der Waals surface area contributed by atoms with Gasteiger partial charge in [-0.2, -0.15) is 0 Å².